The third kappa shape index (κ3) is 5.13. The van der Waals surface area contributed by atoms with Crippen LogP contribution in [0.1, 0.15) is 19.4 Å². The number of nitrogens with zero attached hydrogens (tertiary/aromatic N) is 1. The van der Waals surface area contributed by atoms with Gasteiger partial charge in [-0.05, 0) is 38.5 Å². The smallest absolute Gasteiger partial charge is 0.126 e. The Morgan fingerprint density at radius 3 is 2.64 bits per heavy atom. The van der Waals surface area contributed by atoms with Crippen molar-refractivity contribution in [3.05, 3.63) is 28.8 Å². The number of aryl methyl sites for hydroxylation is 1. The van der Waals surface area contributed by atoms with E-state index in [4.69, 9.17) is 16.3 Å². The van der Waals surface area contributed by atoms with E-state index in [0.717, 1.165) is 37.7 Å². The molecule has 0 saturated carbocycles. The maximum absolute atomic E-state index is 10.0. The second-order valence-electron chi connectivity index (χ2n) is 6.41. The van der Waals surface area contributed by atoms with Crippen LogP contribution in [0.5, 0.6) is 0 Å². The number of piperazine rings is 1. The number of rotatable bonds is 6. The van der Waals surface area contributed by atoms with E-state index >= 15 is 0 Å². The average Bonchev–Trinajstić information content (AvgIpc) is 2.48. The van der Waals surface area contributed by atoms with Crippen molar-refractivity contribution in [2.45, 2.75) is 33.0 Å². The molecule has 1 aromatic rings. The molecule has 2 N–H and O–H groups in total. The monoisotopic (exact) mass is 327 g/mol. The van der Waals surface area contributed by atoms with Gasteiger partial charge in [0.1, 0.15) is 12.6 Å². The molecule has 0 unspecified atom stereocenters. The molecule has 4 nitrogen and oxygen atoms in total. The number of ether oxygens (including phenoxy) is 1. The zero-order chi connectivity index (χ0) is 16.1. The lowest BCUT2D eigenvalue weighted by Gasteiger charge is -2.35. The molecule has 2 rings (SSSR count). The van der Waals surface area contributed by atoms with Gasteiger partial charge in [-0.15, -0.1) is 0 Å². The highest BCUT2D eigenvalue weighted by atomic mass is 35.5. The molecule has 1 atom stereocenters. The minimum atomic E-state index is -0.378. The molecule has 0 aliphatic carbocycles. The summed E-state index contributed by atoms with van der Waals surface area (Å²) in [6.45, 7) is 11.3. The Labute approximate surface area is 138 Å². The van der Waals surface area contributed by atoms with E-state index in [-0.39, 0.29) is 12.2 Å². The zero-order valence-electron chi connectivity index (χ0n) is 13.8. The molecule has 1 aromatic carbocycles. The number of anilines is 1. The Morgan fingerprint density at radius 1 is 1.32 bits per heavy atom. The lowest BCUT2D eigenvalue weighted by molar-refractivity contribution is -0.903. The molecule has 5 heteroatoms. The Hall–Kier alpha value is -0.810. The molecule has 0 amide bonds. The van der Waals surface area contributed by atoms with Crippen LogP contribution in [-0.2, 0) is 4.74 Å². The Morgan fingerprint density at radius 2 is 2.00 bits per heavy atom. The minimum absolute atomic E-state index is 0.173. The molecule has 1 heterocycles. The van der Waals surface area contributed by atoms with Crippen molar-refractivity contribution in [3.8, 4) is 0 Å². The molecule has 0 bridgehead atoms. The molecule has 0 radical (unpaired) electrons. The first-order valence-corrected chi connectivity index (χ1v) is 8.48. The summed E-state index contributed by atoms with van der Waals surface area (Å²) in [4.78, 5) is 3.83. The van der Waals surface area contributed by atoms with E-state index in [1.54, 1.807) is 0 Å². The van der Waals surface area contributed by atoms with Crippen molar-refractivity contribution >= 4 is 17.3 Å². The van der Waals surface area contributed by atoms with Crippen molar-refractivity contribution in [3.63, 3.8) is 0 Å². The van der Waals surface area contributed by atoms with Crippen molar-refractivity contribution < 1.29 is 14.7 Å². The van der Waals surface area contributed by atoms with E-state index in [0.29, 0.717) is 6.61 Å². The summed E-state index contributed by atoms with van der Waals surface area (Å²) in [5, 5.41) is 10.8. The van der Waals surface area contributed by atoms with Crippen molar-refractivity contribution in [2.24, 2.45) is 0 Å². The molecular formula is C17H28ClN2O2+. The highest BCUT2D eigenvalue weighted by Gasteiger charge is 2.23. The molecule has 1 fully saturated rings. The number of hydrogen-bond donors (Lipinski definition) is 2. The van der Waals surface area contributed by atoms with E-state index in [1.807, 2.05) is 26.0 Å². The topological polar surface area (TPSA) is 37.1 Å². The fraction of sp³-hybridized carbons (Fsp3) is 0.647. The van der Waals surface area contributed by atoms with Crippen LogP contribution in [-0.4, -0.2) is 56.6 Å². The number of hydrogen-bond acceptors (Lipinski definition) is 3. The van der Waals surface area contributed by atoms with E-state index in [2.05, 4.69) is 17.9 Å². The van der Waals surface area contributed by atoms with Gasteiger partial charge in [0, 0.05) is 10.7 Å². The van der Waals surface area contributed by atoms with Crippen molar-refractivity contribution in [2.75, 3.05) is 44.2 Å². The number of nitrogens with one attached hydrogen (secondary N) is 1. The number of aliphatic hydroxyl groups is 1. The molecule has 1 saturated heterocycles. The molecule has 0 spiro atoms. The lowest BCUT2D eigenvalue weighted by atomic mass is 10.1. The molecule has 0 aromatic heterocycles. The van der Waals surface area contributed by atoms with Gasteiger partial charge in [-0.1, -0.05) is 17.7 Å². The zero-order valence-corrected chi connectivity index (χ0v) is 14.6. The first-order chi connectivity index (χ1) is 10.5. The fourth-order valence-corrected chi connectivity index (χ4v) is 3.05. The fourth-order valence-electron chi connectivity index (χ4n) is 2.89. The van der Waals surface area contributed by atoms with Gasteiger partial charge in [0.2, 0.25) is 0 Å². The largest absolute Gasteiger partial charge is 0.385 e. The van der Waals surface area contributed by atoms with Gasteiger partial charge < -0.3 is 19.6 Å². The molecule has 124 valence electrons. The van der Waals surface area contributed by atoms with Crippen LogP contribution in [0, 0.1) is 6.92 Å². The van der Waals surface area contributed by atoms with Crippen LogP contribution < -0.4 is 9.80 Å². The van der Waals surface area contributed by atoms with Gasteiger partial charge in [-0.3, -0.25) is 0 Å². The van der Waals surface area contributed by atoms with Gasteiger partial charge in [-0.2, -0.15) is 0 Å². The van der Waals surface area contributed by atoms with E-state index < -0.39 is 0 Å². The van der Waals surface area contributed by atoms with Crippen LogP contribution in [0.15, 0.2) is 18.2 Å². The highest BCUT2D eigenvalue weighted by molar-refractivity contribution is 6.30. The standard InChI is InChI=1S/C17H27ClN2O2/c1-13(2)22-12-16(21)11-19-6-8-20(9-7-19)17-10-15(18)5-4-14(17)3/h4-5,10,13,16,21H,6-9,11-12H2,1-3H3/p+1/t16-/m0/s1. The number of halogens is 1. The first-order valence-electron chi connectivity index (χ1n) is 8.10. The summed E-state index contributed by atoms with van der Waals surface area (Å²) < 4.78 is 5.48. The summed E-state index contributed by atoms with van der Waals surface area (Å²) in [6.07, 6.45) is -0.204. The van der Waals surface area contributed by atoms with Gasteiger partial charge in [0.05, 0.1) is 38.9 Å². The van der Waals surface area contributed by atoms with Gasteiger partial charge >= 0.3 is 0 Å². The molecule has 22 heavy (non-hydrogen) atoms. The second-order valence-corrected chi connectivity index (χ2v) is 6.84. The summed E-state index contributed by atoms with van der Waals surface area (Å²) in [7, 11) is 0. The third-order valence-electron chi connectivity index (χ3n) is 4.13. The molecule has 1 aliphatic heterocycles. The number of quaternary nitrogens is 1. The Balaban J connectivity index is 1.81. The highest BCUT2D eigenvalue weighted by Crippen LogP contribution is 2.24. The quantitative estimate of drug-likeness (QED) is 0.823. The minimum Gasteiger partial charge on any atom is -0.385 e. The van der Waals surface area contributed by atoms with Crippen LogP contribution in [0.3, 0.4) is 0 Å². The average molecular weight is 328 g/mol. The second kappa shape index (κ2) is 8.16. The normalized spacial score (nSPS) is 18.0. The van der Waals surface area contributed by atoms with E-state index in [1.165, 1.54) is 16.2 Å². The first kappa shape index (κ1) is 17.5. The Bertz CT molecular complexity index is 474. The number of benzene rings is 1. The predicted molar refractivity (Wildman–Crippen MR) is 91.1 cm³/mol. The summed E-state index contributed by atoms with van der Waals surface area (Å²) >= 11 is 6.11. The van der Waals surface area contributed by atoms with Gasteiger partial charge in [-0.25, -0.2) is 0 Å². The van der Waals surface area contributed by atoms with Crippen molar-refractivity contribution in [1.82, 2.24) is 0 Å². The third-order valence-corrected chi connectivity index (χ3v) is 4.36. The predicted octanol–water partition coefficient (Wildman–Crippen LogP) is 1.14. The maximum Gasteiger partial charge on any atom is 0.126 e. The van der Waals surface area contributed by atoms with Crippen LogP contribution in [0.25, 0.3) is 0 Å². The van der Waals surface area contributed by atoms with Crippen LogP contribution >= 0.6 is 11.6 Å². The summed E-state index contributed by atoms with van der Waals surface area (Å²) in [5.41, 5.74) is 2.49. The SMILES string of the molecule is Cc1ccc(Cl)cc1N1CC[NH+](C[C@H](O)COC(C)C)CC1. The molecule has 1 aliphatic rings. The Kier molecular flexibility index (Phi) is 6.50. The van der Waals surface area contributed by atoms with Crippen LogP contribution in [0.4, 0.5) is 5.69 Å². The maximum atomic E-state index is 10.0. The number of aliphatic hydroxyl groups excluding tert-OH is 1. The van der Waals surface area contributed by atoms with Crippen LogP contribution in [0.2, 0.25) is 5.02 Å². The molecular weight excluding hydrogens is 300 g/mol. The van der Waals surface area contributed by atoms with E-state index in [9.17, 15) is 5.11 Å². The lowest BCUT2D eigenvalue weighted by Crippen LogP contribution is -3.16. The van der Waals surface area contributed by atoms with Crippen molar-refractivity contribution in [1.29, 1.82) is 0 Å². The summed E-state index contributed by atoms with van der Waals surface area (Å²) in [5.74, 6) is 0. The summed E-state index contributed by atoms with van der Waals surface area (Å²) in [6, 6.07) is 6.06. The van der Waals surface area contributed by atoms with Gasteiger partial charge in [0.15, 0.2) is 0 Å². The van der Waals surface area contributed by atoms with Gasteiger partial charge in [0.25, 0.3) is 0 Å².